The van der Waals surface area contributed by atoms with E-state index in [-0.39, 0.29) is 4.90 Å². The molecule has 1 unspecified atom stereocenters. The number of aromatic nitrogens is 1. The van der Waals surface area contributed by atoms with Crippen LogP contribution in [-0.4, -0.2) is 25.1 Å². The number of aliphatic hydroxyl groups excluding tert-OH is 1. The molecule has 0 saturated heterocycles. The molecule has 114 valence electrons. The summed E-state index contributed by atoms with van der Waals surface area (Å²) in [7, 11) is -3.52. The van der Waals surface area contributed by atoms with Crippen molar-refractivity contribution in [2.45, 2.75) is 31.3 Å². The lowest BCUT2D eigenvalue weighted by molar-refractivity contribution is 0.199. The lowest BCUT2D eigenvalue weighted by atomic mass is 10.1. The van der Waals surface area contributed by atoms with Crippen molar-refractivity contribution in [3.05, 3.63) is 45.9 Å². The van der Waals surface area contributed by atoms with Gasteiger partial charge in [-0.3, -0.25) is 0 Å². The average Bonchev–Trinajstić information content (AvgIpc) is 2.84. The molecule has 0 bridgehead atoms. The van der Waals surface area contributed by atoms with Gasteiger partial charge in [0.25, 0.3) is 0 Å². The Morgan fingerprint density at radius 2 is 2.00 bits per heavy atom. The van der Waals surface area contributed by atoms with Gasteiger partial charge in [0.15, 0.2) is 0 Å². The van der Waals surface area contributed by atoms with Gasteiger partial charge in [0.1, 0.15) is 0 Å². The first-order valence-corrected chi connectivity index (χ1v) is 8.93. The predicted octanol–water partition coefficient (Wildman–Crippen LogP) is 2.03. The van der Waals surface area contributed by atoms with Crippen LogP contribution in [0.5, 0.6) is 0 Å². The fraction of sp³-hybridized carbons (Fsp3) is 0.357. The summed E-state index contributed by atoms with van der Waals surface area (Å²) in [5, 5.41) is 12.3. The first-order chi connectivity index (χ1) is 9.88. The molecule has 0 fully saturated rings. The van der Waals surface area contributed by atoms with Gasteiger partial charge in [0.2, 0.25) is 10.0 Å². The molecule has 2 aromatic rings. The van der Waals surface area contributed by atoms with Gasteiger partial charge >= 0.3 is 0 Å². The fourth-order valence-electron chi connectivity index (χ4n) is 1.85. The number of rotatable bonds is 6. The Kier molecular flexibility index (Phi) is 5.10. The molecule has 0 aliphatic carbocycles. The third-order valence-corrected chi connectivity index (χ3v) is 5.31. The van der Waals surface area contributed by atoms with Gasteiger partial charge in [0, 0.05) is 18.3 Å². The van der Waals surface area contributed by atoms with Crippen LogP contribution < -0.4 is 4.72 Å². The van der Waals surface area contributed by atoms with Crippen molar-refractivity contribution in [2.24, 2.45) is 0 Å². The number of benzene rings is 1. The van der Waals surface area contributed by atoms with E-state index in [4.69, 9.17) is 0 Å². The molecular weight excluding hydrogens is 308 g/mol. The van der Waals surface area contributed by atoms with Gasteiger partial charge in [0.05, 0.1) is 21.7 Å². The normalized spacial score (nSPS) is 13.3. The van der Waals surface area contributed by atoms with E-state index < -0.39 is 16.1 Å². The molecule has 0 saturated carbocycles. The maximum Gasteiger partial charge on any atom is 0.240 e. The van der Waals surface area contributed by atoms with Gasteiger partial charge in [-0.15, -0.1) is 11.3 Å². The van der Waals surface area contributed by atoms with Crippen LogP contribution in [0.3, 0.4) is 0 Å². The Morgan fingerprint density at radius 3 is 2.52 bits per heavy atom. The molecule has 0 aliphatic heterocycles. The summed E-state index contributed by atoms with van der Waals surface area (Å²) in [5.41, 5.74) is 1.58. The highest BCUT2D eigenvalue weighted by atomic mass is 32.2. The second-order valence-electron chi connectivity index (χ2n) is 4.75. The van der Waals surface area contributed by atoms with Crippen molar-refractivity contribution in [3.63, 3.8) is 0 Å². The summed E-state index contributed by atoms with van der Waals surface area (Å²) >= 11 is 1.55. The number of aryl methyl sites for hydroxylation is 1. The Morgan fingerprint density at radius 1 is 1.33 bits per heavy atom. The molecule has 1 aromatic heterocycles. The number of aliphatic hydroxyl groups is 1. The average molecular weight is 326 g/mol. The number of hydrogen-bond acceptors (Lipinski definition) is 5. The zero-order chi connectivity index (χ0) is 15.5. The van der Waals surface area contributed by atoms with Crippen LogP contribution in [0.4, 0.5) is 0 Å². The van der Waals surface area contributed by atoms with Crippen LogP contribution in [0.1, 0.15) is 29.3 Å². The molecule has 2 N–H and O–H groups in total. The first kappa shape index (κ1) is 16.1. The Labute approximate surface area is 128 Å². The summed E-state index contributed by atoms with van der Waals surface area (Å²) < 4.78 is 26.8. The molecule has 1 aromatic carbocycles. The van der Waals surface area contributed by atoms with Crippen LogP contribution in [0.2, 0.25) is 0 Å². The Bertz CT molecular complexity index is 691. The highest BCUT2D eigenvalue weighted by molar-refractivity contribution is 7.89. The summed E-state index contributed by atoms with van der Waals surface area (Å²) in [6.45, 7) is 3.86. The standard InChI is InChI=1S/C14H18N2O3S2/c1-10(17)12-3-5-14(6-4-12)21(18,19)15-8-7-13-9-20-11(2)16-13/h3-6,9-10,15,17H,7-8H2,1-2H3. The smallest absolute Gasteiger partial charge is 0.240 e. The van der Waals surface area contributed by atoms with Gasteiger partial charge in [-0.2, -0.15) is 0 Å². The monoisotopic (exact) mass is 326 g/mol. The third kappa shape index (κ3) is 4.34. The molecule has 5 nitrogen and oxygen atoms in total. The van der Waals surface area contributed by atoms with Crippen molar-refractivity contribution in [1.29, 1.82) is 0 Å². The van der Waals surface area contributed by atoms with Crippen LogP contribution in [0, 0.1) is 6.92 Å². The van der Waals surface area contributed by atoms with Crippen molar-refractivity contribution < 1.29 is 13.5 Å². The van der Waals surface area contributed by atoms with Gasteiger partial charge in [-0.25, -0.2) is 18.1 Å². The van der Waals surface area contributed by atoms with E-state index in [0.29, 0.717) is 18.5 Å². The van der Waals surface area contributed by atoms with E-state index in [9.17, 15) is 13.5 Å². The quantitative estimate of drug-likeness (QED) is 0.851. The number of nitrogens with zero attached hydrogens (tertiary/aromatic N) is 1. The molecule has 21 heavy (non-hydrogen) atoms. The number of nitrogens with one attached hydrogen (secondary N) is 1. The van der Waals surface area contributed by atoms with Crippen molar-refractivity contribution in [2.75, 3.05) is 6.54 Å². The topological polar surface area (TPSA) is 79.3 Å². The molecular formula is C14H18N2O3S2. The zero-order valence-electron chi connectivity index (χ0n) is 11.9. The fourth-order valence-corrected chi connectivity index (χ4v) is 3.52. The maximum absolute atomic E-state index is 12.1. The Hall–Kier alpha value is -1.28. The summed E-state index contributed by atoms with van der Waals surface area (Å²) in [4.78, 5) is 4.49. The second kappa shape index (κ2) is 6.65. The third-order valence-electron chi connectivity index (χ3n) is 3.01. The van der Waals surface area contributed by atoms with E-state index in [2.05, 4.69) is 9.71 Å². The minimum Gasteiger partial charge on any atom is -0.389 e. The lowest BCUT2D eigenvalue weighted by Crippen LogP contribution is -2.26. The predicted molar refractivity (Wildman–Crippen MR) is 82.8 cm³/mol. The molecule has 0 amide bonds. The summed E-state index contributed by atoms with van der Waals surface area (Å²) in [6, 6.07) is 6.22. The molecule has 1 atom stereocenters. The Balaban J connectivity index is 1.97. The van der Waals surface area contributed by atoms with E-state index >= 15 is 0 Å². The van der Waals surface area contributed by atoms with Crippen LogP contribution >= 0.6 is 11.3 Å². The second-order valence-corrected chi connectivity index (χ2v) is 7.58. The summed E-state index contributed by atoms with van der Waals surface area (Å²) in [6.07, 6.45) is -0.0439. The van der Waals surface area contributed by atoms with Crippen LogP contribution in [-0.2, 0) is 16.4 Å². The highest BCUT2D eigenvalue weighted by Crippen LogP contribution is 2.16. The van der Waals surface area contributed by atoms with Crippen molar-refractivity contribution >= 4 is 21.4 Å². The van der Waals surface area contributed by atoms with Gasteiger partial charge in [-0.05, 0) is 31.5 Å². The summed E-state index contributed by atoms with van der Waals surface area (Å²) in [5.74, 6) is 0. The van der Waals surface area contributed by atoms with Crippen LogP contribution in [0.25, 0.3) is 0 Å². The SMILES string of the molecule is Cc1nc(CCNS(=O)(=O)c2ccc(C(C)O)cc2)cs1. The zero-order valence-corrected chi connectivity index (χ0v) is 13.5. The minimum absolute atomic E-state index is 0.196. The molecule has 2 rings (SSSR count). The van der Waals surface area contributed by atoms with Gasteiger partial charge in [-0.1, -0.05) is 12.1 Å². The van der Waals surface area contributed by atoms with Crippen molar-refractivity contribution in [3.8, 4) is 0 Å². The molecule has 0 spiro atoms. The highest BCUT2D eigenvalue weighted by Gasteiger charge is 2.14. The van der Waals surface area contributed by atoms with E-state index in [0.717, 1.165) is 10.7 Å². The van der Waals surface area contributed by atoms with Gasteiger partial charge < -0.3 is 5.11 Å². The number of hydrogen-bond donors (Lipinski definition) is 2. The van der Waals surface area contributed by atoms with E-state index in [1.165, 1.54) is 12.1 Å². The minimum atomic E-state index is -3.52. The molecule has 0 radical (unpaired) electrons. The maximum atomic E-state index is 12.1. The number of thiazole rings is 1. The molecule has 7 heteroatoms. The van der Waals surface area contributed by atoms with E-state index in [1.807, 2.05) is 12.3 Å². The molecule has 0 aliphatic rings. The van der Waals surface area contributed by atoms with E-state index in [1.54, 1.807) is 30.4 Å². The first-order valence-electron chi connectivity index (χ1n) is 6.57. The van der Waals surface area contributed by atoms with Crippen molar-refractivity contribution in [1.82, 2.24) is 9.71 Å². The number of sulfonamides is 1. The lowest BCUT2D eigenvalue weighted by Gasteiger charge is -2.08. The molecule has 1 heterocycles. The van der Waals surface area contributed by atoms with Crippen LogP contribution in [0.15, 0.2) is 34.5 Å². The largest absolute Gasteiger partial charge is 0.389 e.